The van der Waals surface area contributed by atoms with Gasteiger partial charge in [-0.3, -0.25) is 9.59 Å². The molecule has 2 N–H and O–H groups in total. The molecule has 2 amide bonds. The van der Waals surface area contributed by atoms with Crippen LogP contribution in [0.25, 0.3) is 0 Å². The molecule has 0 saturated carbocycles. The molecule has 0 radical (unpaired) electrons. The molecule has 1 aliphatic heterocycles. The lowest BCUT2D eigenvalue weighted by Crippen LogP contribution is -2.50. The monoisotopic (exact) mass is 328 g/mol. The van der Waals surface area contributed by atoms with Crippen molar-refractivity contribution >= 4 is 23.6 Å². The first kappa shape index (κ1) is 16.7. The van der Waals surface area contributed by atoms with Gasteiger partial charge in [-0.2, -0.15) is 0 Å². The highest BCUT2D eigenvalue weighted by Crippen LogP contribution is 2.24. The second kappa shape index (κ2) is 7.58. The topological polar surface area (TPSA) is 63.4 Å². The van der Waals surface area contributed by atoms with Crippen LogP contribution in [0.4, 0.5) is 8.78 Å². The van der Waals surface area contributed by atoms with Crippen LogP contribution in [0.1, 0.15) is 25.7 Å². The van der Waals surface area contributed by atoms with Gasteiger partial charge in [0.2, 0.25) is 11.8 Å². The molecule has 1 saturated heterocycles. The van der Waals surface area contributed by atoms with E-state index in [1.165, 1.54) is 4.90 Å². The van der Waals surface area contributed by atoms with Crippen molar-refractivity contribution in [1.82, 2.24) is 4.90 Å². The molecule has 1 atom stereocenters. The fourth-order valence-corrected chi connectivity index (χ4v) is 3.40. The smallest absolute Gasteiger partial charge is 0.240 e. The predicted molar refractivity (Wildman–Crippen MR) is 80.2 cm³/mol. The summed E-state index contributed by atoms with van der Waals surface area (Å²) >= 11 is 1.08. The van der Waals surface area contributed by atoms with E-state index in [1.807, 2.05) is 0 Å². The van der Waals surface area contributed by atoms with E-state index in [1.54, 1.807) is 0 Å². The molecule has 0 bridgehead atoms. The number of benzene rings is 1. The average molecular weight is 328 g/mol. The standard InChI is InChI=1S/C15H18F2N2O2S/c16-10-4-5-11(17)13(9-10)22-8-6-14(20)19-7-2-1-3-12(19)15(18)21/h4-5,9,12H,1-3,6-8H2,(H2,18,21)/t12-/m0/s1. The molecule has 1 heterocycles. The van der Waals surface area contributed by atoms with E-state index < -0.39 is 23.6 Å². The lowest BCUT2D eigenvalue weighted by molar-refractivity contribution is -0.140. The van der Waals surface area contributed by atoms with E-state index in [0.717, 1.165) is 42.8 Å². The van der Waals surface area contributed by atoms with Gasteiger partial charge in [0, 0.05) is 23.6 Å². The molecule has 1 fully saturated rings. The number of amides is 2. The number of primary amides is 1. The van der Waals surface area contributed by atoms with Crippen LogP contribution in [0.2, 0.25) is 0 Å². The third-order valence-electron chi connectivity index (χ3n) is 3.62. The fourth-order valence-electron chi connectivity index (χ4n) is 2.51. The van der Waals surface area contributed by atoms with Crippen LogP contribution in [0.5, 0.6) is 0 Å². The number of carbonyl (C=O) groups is 2. The van der Waals surface area contributed by atoms with E-state index in [2.05, 4.69) is 0 Å². The number of nitrogens with two attached hydrogens (primary N) is 1. The van der Waals surface area contributed by atoms with Crippen LogP contribution in [0, 0.1) is 11.6 Å². The summed E-state index contributed by atoms with van der Waals surface area (Å²) in [6.07, 6.45) is 2.47. The van der Waals surface area contributed by atoms with Gasteiger partial charge in [0.15, 0.2) is 0 Å². The first-order chi connectivity index (χ1) is 10.5. The van der Waals surface area contributed by atoms with Gasteiger partial charge in [0.05, 0.1) is 0 Å². The summed E-state index contributed by atoms with van der Waals surface area (Å²) in [6.45, 7) is 0.519. The zero-order valence-corrected chi connectivity index (χ0v) is 12.9. The maximum atomic E-state index is 13.5. The highest BCUT2D eigenvalue weighted by Gasteiger charge is 2.30. The van der Waals surface area contributed by atoms with Crippen molar-refractivity contribution in [3.8, 4) is 0 Å². The fraction of sp³-hybridized carbons (Fsp3) is 0.467. The Hall–Kier alpha value is -1.63. The van der Waals surface area contributed by atoms with Gasteiger partial charge in [0.1, 0.15) is 17.7 Å². The summed E-state index contributed by atoms with van der Waals surface area (Å²) in [6, 6.07) is 2.68. The second-order valence-electron chi connectivity index (χ2n) is 5.17. The van der Waals surface area contributed by atoms with E-state index in [0.29, 0.717) is 18.7 Å². The maximum absolute atomic E-state index is 13.5. The van der Waals surface area contributed by atoms with Crippen LogP contribution in [-0.2, 0) is 9.59 Å². The van der Waals surface area contributed by atoms with Gasteiger partial charge in [0.25, 0.3) is 0 Å². The molecule has 22 heavy (non-hydrogen) atoms. The van der Waals surface area contributed by atoms with E-state index in [-0.39, 0.29) is 17.2 Å². The number of thioether (sulfide) groups is 1. The number of piperidine rings is 1. The Labute approximate surface area is 132 Å². The molecule has 1 aliphatic rings. The average Bonchev–Trinajstić information content (AvgIpc) is 2.50. The van der Waals surface area contributed by atoms with Crippen molar-refractivity contribution in [3.63, 3.8) is 0 Å². The highest BCUT2D eigenvalue weighted by molar-refractivity contribution is 7.99. The molecule has 0 spiro atoms. The summed E-state index contributed by atoms with van der Waals surface area (Å²) in [5.41, 5.74) is 5.32. The Bertz CT molecular complexity index is 568. The van der Waals surface area contributed by atoms with Crippen LogP contribution < -0.4 is 5.73 Å². The van der Waals surface area contributed by atoms with Crippen LogP contribution in [0.15, 0.2) is 23.1 Å². The van der Waals surface area contributed by atoms with E-state index in [9.17, 15) is 18.4 Å². The molecule has 120 valence electrons. The maximum Gasteiger partial charge on any atom is 0.240 e. The number of carbonyl (C=O) groups excluding carboxylic acids is 2. The van der Waals surface area contributed by atoms with Gasteiger partial charge in [-0.25, -0.2) is 8.78 Å². The third-order valence-corrected chi connectivity index (χ3v) is 4.65. The third kappa shape index (κ3) is 4.19. The number of rotatable bonds is 5. The minimum Gasteiger partial charge on any atom is -0.368 e. The quantitative estimate of drug-likeness (QED) is 0.844. The first-order valence-electron chi connectivity index (χ1n) is 7.15. The number of halogens is 2. The zero-order chi connectivity index (χ0) is 16.1. The molecular weight excluding hydrogens is 310 g/mol. The van der Waals surface area contributed by atoms with Crippen molar-refractivity contribution in [2.75, 3.05) is 12.3 Å². The summed E-state index contributed by atoms with van der Waals surface area (Å²) in [5, 5.41) is 0. The zero-order valence-electron chi connectivity index (χ0n) is 12.1. The summed E-state index contributed by atoms with van der Waals surface area (Å²) in [5.74, 6) is -1.36. The SMILES string of the molecule is NC(=O)[C@@H]1CCCCN1C(=O)CCSc1cc(F)ccc1F. The van der Waals surface area contributed by atoms with Crippen LogP contribution >= 0.6 is 11.8 Å². The normalized spacial score (nSPS) is 18.3. The van der Waals surface area contributed by atoms with Gasteiger partial charge in [-0.1, -0.05) is 0 Å². The van der Waals surface area contributed by atoms with E-state index in [4.69, 9.17) is 5.73 Å². The number of hydrogen-bond donors (Lipinski definition) is 1. The molecular formula is C15H18F2N2O2S. The molecule has 0 aliphatic carbocycles. The summed E-state index contributed by atoms with van der Waals surface area (Å²) < 4.78 is 26.5. The Morgan fingerprint density at radius 3 is 2.82 bits per heavy atom. The highest BCUT2D eigenvalue weighted by atomic mass is 32.2. The van der Waals surface area contributed by atoms with E-state index >= 15 is 0 Å². The number of nitrogens with zero attached hydrogens (tertiary/aromatic N) is 1. The van der Waals surface area contributed by atoms with Crippen molar-refractivity contribution < 1.29 is 18.4 Å². The molecule has 7 heteroatoms. The van der Waals surface area contributed by atoms with Crippen molar-refractivity contribution in [2.24, 2.45) is 5.73 Å². The summed E-state index contributed by atoms with van der Waals surface area (Å²) in [7, 11) is 0. The van der Waals surface area contributed by atoms with Gasteiger partial charge in [-0.05, 0) is 37.5 Å². The van der Waals surface area contributed by atoms with Crippen LogP contribution in [-0.4, -0.2) is 35.1 Å². The molecule has 0 aromatic heterocycles. The lowest BCUT2D eigenvalue weighted by Gasteiger charge is -2.33. The van der Waals surface area contributed by atoms with Gasteiger partial charge >= 0.3 is 0 Å². The largest absolute Gasteiger partial charge is 0.368 e. The minimum absolute atomic E-state index is 0.157. The van der Waals surface area contributed by atoms with Crippen molar-refractivity contribution in [2.45, 2.75) is 36.6 Å². The Morgan fingerprint density at radius 1 is 1.32 bits per heavy atom. The Morgan fingerprint density at radius 2 is 2.09 bits per heavy atom. The molecule has 0 unspecified atom stereocenters. The lowest BCUT2D eigenvalue weighted by atomic mass is 10.0. The molecule has 4 nitrogen and oxygen atoms in total. The first-order valence-corrected chi connectivity index (χ1v) is 8.14. The van der Waals surface area contributed by atoms with Crippen LogP contribution in [0.3, 0.4) is 0 Å². The molecule has 2 rings (SSSR count). The Kier molecular flexibility index (Phi) is 5.76. The molecule has 1 aromatic carbocycles. The second-order valence-corrected chi connectivity index (χ2v) is 6.31. The van der Waals surface area contributed by atoms with Gasteiger partial charge < -0.3 is 10.6 Å². The van der Waals surface area contributed by atoms with Gasteiger partial charge in [-0.15, -0.1) is 11.8 Å². The van der Waals surface area contributed by atoms with Crippen molar-refractivity contribution in [1.29, 1.82) is 0 Å². The number of hydrogen-bond acceptors (Lipinski definition) is 3. The Balaban J connectivity index is 1.89. The minimum atomic E-state index is -0.544. The van der Waals surface area contributed by atoms with Crippen molar-refractivity contribution in [3.05, 3.63) is 29.8 Å². The summed E-state index contributed by atoms with van der Waals surface area (Å²) in [4.78, 5) is 25.3. The number of likely N-dealkylation sites (tertiary alicyclic amines) is 1. The predicted octanol–water partition coefficient (Wildman–Crippen LogP) is 2.31. The molecule has 1 aromatic rings.